The molecular formula is C17H25NO. The Morgan fingerprint density at radius 2 is 2.00 bits per heavy atom. The molecule has 0 saturated heterocycles. The van der Waals surface area contributed by atoms with Crippen molar-refractivity contribution in [3.05, 3.63) is 29.8 Å². The summed E-state index contributed by atoms with van der Waals surface area (Å²) < 4.78 is 5.89. The van der Waals surface area contributed by atoms with Gasteiger partial charge in [0.1, 0.15) is 5.75 Å². The van der Waals surface area contributed by atoms with E-state index in [1.807, 2.05) is 26.0 Å². The van der Waals surface area contributed by atoms with E-state index in [-0.39, 0.29) is 5.41 Å². The van der Waals surface area contributed by atoms with Gasteiger partial charge in [0.05, 0.1) is 18.1 Å². The normalized spacial score (nSPS) is 12.8. The van der Waals surface area contributed by atoms with Crippen LogP contribution in [0.25, 0.3) is 0 Å². The van der Waals surface area contributed by atoms with Crippen molar-refractivity contribution in [3.8, 4) is 11.8 Å². The van der Waals surface area contributed by atoms with E-state index in [0.717, 1.165) is 25.0 Å². The molecule has 0 aliphatic carbocycles. The van der Waals surface area contributed by atoms with E-state index < -0.39 is 0 Å². The van der Waals surface area contributed by atoms with Crippen molar-refractivity contribution in [1.29, 1.82) is 5.26 Å². The summed E-state index contributed by atoms with van der Waals surface area (Å²) in [4.78, 5) is 0. The Bertz CT molecular complexity index is 431. The fourth-order valence-corrected chi connectivity index (χ4v) is 1.99. The zero-order valence-corrected chi connectivity index (χ0v) is 12.6. The molecule has 1 rings (SSSR count). The quantitative estimate of drug-likeness (QED) is 0.652. The molecule has 0 heterocycles. The highest BCUT2D eigenvalue weighted by atomic mass is 16.5. The standard InChI is InChI=1S/C17H25NO/c1-5-14(2)15-9-6-7-10-16(15)19-12-8-11-17(3,4)13-18/h6-7,9-10,14H,5,8,11-12H2,1-4H3. The van der Waals surface area contributed by atoms with Gasteiger partial charge < -0.3 is 4.74 Å². The van der Waals surface area contributed by atoms with Crippen molar-refractivity contribution < 1.29 is 4.74 Å². The third-order valence-corrected chi connectivity index (χ3v) is 3.57. The monoisotopic (exact) mass is 259 g/mol. The van der Waals surface area contributed by atoms with Gasteiger partial charge in [0.2, 0.25) is 0 Å². The molecule has 1 unspecified atom stereocenters. The topological polar surface area (TPSA) is 33.0 Å². The van der Waals surface area contributed by atoms with E-state index >= 15 is 0 Å². The van der Waals surface area contributed by atoms with Crippen LogP contribution in [-0.2, 0) is 0 Å². The molecule has 1 aromatic rings. The van der Waals surface area contributed by atoms with Gasteiger partial charge in [-0.05, 0) is 50.7 Å². The van der Waals surface area contributed by atoms with Crippen LogP contribution >= 0.6 is 0 Å². The summed E-state index contributed by atoms with van der Waals surface area (Å²) in [6, 6.07) is 10.6. The summed E-state index contributed by atoms with van der Waals surface area (Å²) >= 11 is 0. The van der Waals surface area contributed by atoms with Gasteiger partial charge in [-0.25, -0.2) is 0 Å². The smallest absolute Gasteiger partial charge is 0.122 e. The Labute approximate surface area is 117 Å². The first-order chi connectivity index (χ1) is 9.00. The van der Waals surface area contributed by atoms with E-state index in [9.17, 15) is 0 Å². The average Bonchev–Trinajstić information content (AvgIpc) is 2.43. The molecule has 1 atom stereocenters. The number of rotatable bonds is 7. The highest BCUT2D eigenvalue weighted by molar-refractivity contribution is 5.35. The lowest BCUT2D eigenvalue weighted by Crippen LogP contribution is -2.10. The fourth-order valence-electron chi connectivity index (χ4n) is 1.99. The molecule has 2 heteroatoms. The van der Waals surface area contributed by atoms with Crippen LogP contribution in [0.3, 0.4) is 0 Å². The van der Waals surface area contributed by atoms with Crippen molar-refractivity contribution >= 4 is 0 Å². The maximum absolute atomic E-state index is 8.97. The van der Waals surface area contributed by atoms with Crippen molar-refractivity contribution in [2.75, 3.05) is 6.61 Å². The molecule has 104 valence electrons. The molecule has 0 bridgehead atoms. The average molecular weight is 259 g/mol. The molecule has 2 nitrogen and oxygen atoms in total. The lowest BCUT2D eigenvalue weighted by Gasteiger charge is -2.17. The third-order valence-electron chi connectivity index (χ3n) is 3.57. The molecule has 0 N–H and O–H groups in total. The first-order valence-electron chi connectivity index (χ1n) is 7.13. The maximum atomic E-state index is 8.97. The Balaban J connectivity index is 2.52. The first-order valence-corrected chi connectivity index (χ1v) is 7.13. The molecule has 0 fully saturated rings. The summed E-state index contributed by atoms with van der Waals surface area (Å²) in [5, 5.41) is 8.97. The summed E-state index contributed by atoms with van der Waals surface area (Å²) in [6.45, 7) is 9.04. The number of hydrogen-bond acceptors (Lipinski definition) is 2. The van der Waals surface area contributed by atoms with Crippen LogP contribution in [0.1, 0.15) is 58.4 Å². The molecule has 0 radical (unpaired) electrons. The van der Waals surface area contributed by atoms with E-state index in [0.29, 0.717) is 12.5 Å². The van der Waals surface area contributed by atoms with Crippen LogP contribution in [-0.4, -0.2) is 6.61 Å². The molecule has 0 spiro atoms. The zero-order chi connectivity index (χ0) is 14.3. The van der Waals surface area contributed by atoms with Gasteiger partial charge in [0, 0.05) is 0 Å². The van der Waals surface area contributed by atoms with Crippen LogP contribution in [0.5, 0.6) is 5.75 Å². The second-order valence-corrected chi connectivity index (χ2v) is 5.79. The Hall–Kier alpha value is -1.49. The van der Waals surface area contributed by atoms with Crippen molar-refractivity contribution in [2.24, 2.45) is 5.41 Å². The van der Waals surface area contributed by atoms with Crippen LogP contribution < -0.4 is 4.74 Å². The highest BCUT2D eigenvalue weighted by Gasteiger charge is 2.16. The van der Waals surface area contributed by atoms with Crippen LogP contribution in [0, 0.1) is 16.7 Å². The van der Waals surface area contributed by atoms with Gasteiger partial charge in [-0.15, -0.1) is 0 Å². The van der Waals surface area contributed by atoms with E-state index in [4.69, 9.17) is 10.00 Å². The SMILES string of the molecule is CCC(C)c1ccccc1OCCCC(C)(C)C#N. The number of para-hydroxylation sites is 1. The fraction of sp³-hybridized carbons (Fsp3) is 0.588. The Kier molecular flexibility index (Phi) is 5.89. The van der Waals surface area contributed by atoms with Crippen molar-refractivity contribution in [1.82, 2.24) is 0 Å². The summed E-state index contributed by atoms with van der Waals surface area (Å²) in [5.41, 5.74) is 1.03. The number of hydrogen-bond donors (Lipinski definition) is 0. The minimum absolute atomic E-state index is 0.250. The molecule has 0 amide bonds. The molecule has 19 heavy (non-hydrogen) atoms. The summed E-state index contributed by atoms with van der Waals surface area (Å²) in [7, 11) is 0. The Morgan fingerprint density at radius 1 is 1.32 bits per heavy atom. The Morgan fingerprint density at radius 3 is 2.63 bits per heavy atom. The second kappa shape index (κ2) is 7.19. The lowest BCUT2D eigenvalue weighted by atomic mass is 9.90. The number of nitrogens with zero attached hydrogens (tertiary/aromatic N) is 1. The van der Waals surface area contributed by atoms with Crippen molar-refractivity contribution in [2.45, 2.75) is 52.9 Å². The molecular weight excluding hydrogens is 234 g/mol. The summed E-state index contributed by atoms with van der Waals surface area (Å²) in [5.74, 6) is 1.51. The number of benzene rings is 1. The molecule has 1 aromatic carbocycles. The van der Waals surface area contributed by atoms with Gasteiger partial charge in [0.25, 0.3) is 0 Å². The largest absolute Gasteiger partial charge is 0.493 e. The predicted molar refractivity (Wildman–Crippen MR) is 79.3 cm³/mol. The zero-order valence-electron chi connectivity index (χ0n) is 12.6. The van der Waals surface area contributed by atoms with Gasteiger partial charge in [0.15, 0.2) is 0 Å². The third kappa shape index (κ3) is 4.95. The van der Waals surface area contributed by atoms with Gasteiger partial charge in [-0.3, -0.25) is 0 Å². The van der Waals surface area contributed by atoms with E-state index in [1.165, 1.54) is 5.56 Å². The second-order valence-electron chi connectivity index (χ2n) is 5.79. The number of nitriles is 1. The molecule has 0 aromatic heterocycles. The first kappa shape index (κ1) is 15.6. The summed E-state index contributed by atoms with van der Waals surface area (Å²) in [6.07, 6.45) is 2.90. The molecule has 0 saturated carbocycles. The maximum Gasteiger partial charge on any atom is 0.122 e. The van der Waals surface area contributed by atoms with Gasteiger partial charge in [-0.2, -0.15) is 5.26 Å². The van der Waals surface area contributed by atoms with Crippen LogP contribution in [0.15, 0.2) is 24.3 Å². The van der Waals surface area contributed by atoms with Gasteiger partial charge >= 0.3 is 0 Å². The number of ether oxygens (including phenoxy) is 1. The highest BCUT2D eigenvalue weighted by Crippen LogP contribution is 2.29. The molecule has 0 aliphatic rings. The minimum atomic E-state index is -0.250. The van der Waals surface area contributed by atoms with E-state index in [1.54, 1.807) is 0 Å². The lowest BCUT2D eigenvalue weighted by molar-refractivity contribution is 0.280. The van der Waals surface area contributed by atoms with Crippen molar-refractivity contribution in [3.63, 3.8) is 0 Å². The minimum Gasteiger partial charge on any atom is -0.493 e. The van der Waals surface area contributed by atoms with Crippen LogP contribution in [0.4, 0.5) is 0 Å². The van der Waals surface area contributed by atoms with E-state index in [2.05, 4.69) is 32.0 Å². The van der Waals surface area contributed by atoms with Crippen LogP contribution in [0.2, 0.25) is 0 Å². The predicted octanol–water partition coefficient (Wildman–Crippen LogP) is 4.91. The van der Waals surface area contributed by atoms with Gasteiger partial charge in [-0.1, -0.05) is 32.0 Å². The molecule has 0 aliphatic heterocycles.